The first-order valence-electron chi connectivity index (χ1n) is 3.63. The highest BCUT2D eigenvalue weighted by molar-refractivity contribution is 5.76. The van der Waals surface area contributed by atoms with E-state index >= 15 is 0 Å². The molecule has 0 saturated carbocycles. The van der Waals surface area contributed by atoms with E-state index in [9.17, 15) is 4.79 Å². The molecule has 1 unspecified atom stereocenters. The number of hydrogen-bond donors (Lipinski definition) is 3. The molecule has 2 rings (SSSR count). The highest BCUT2D eigenvalue weighted by Crippen LogP contribution is 2.06. The lowest BCUT2D eigenvalue weighted by Gasteiger charge is -2.29. The molecule has 0 radical (unpaired) electrons. The molecular formula is C6H8N6O. The van der Waals surface area contributed by atoms with E-state index in [0.717, 1.165) is 0 Å². The van der Waals surface area contributed by atoms with Crippen molar-refractivity contribution in [2.75, 3.05) is 0 Å². The molecule has 1 aromatic rings. The maximum Gasteiger partial charge on any atom is 0.321 e. The number of hydrogen-bond acceptors (Lipinski definition) is 4. The average Bonchev–Trinajstić information content (AvgIpc) is 2.55. The Morgan fingerprint density at radius 3 is 3.08 bits per heavy atom. The lowest BCUT2D eigenvalue weighted by Crippen LogP contribution is -2.60. The van der Waals surface area contributed by atoms with Crippen molar-refractivity contribution in [2.45, 2.75) is 5.79 Å². The van der Waals surface area contributed by atoms with E-state index in [-0.39, 0.29) is 6.03 Å². The highest BCUT2D eigenvalue weighted by Gasteiger charge is 2.29. The Balaban J connectivity index is 2.35. The third-order valence-corrected chi connectivity index (χ3v) is 1.67. The van der Waals surface area contributed by atoms with Crippen LogP contribution in [0.3, 0.4) is 0 Å². The second kappa shape index (κ2) is 2.56. The Kier molecular flexibility index (Phi) is 1.52. The second-order valence-electron chi connectivity index (χ2n) is 2.60. The SMILES string of the molecule is NC1(n2ccnn2)C=CNC(=O)N1. The first-order chi connectivity index (χ1) is 6.21. The molecule has 1 aliphatic rings. The third-order valence-electron chi connectivity index (χ3n) is 1.67. The molecule has 4 N–H and O–H groups in total. The van der Waals surface area contributed by atoms with Crippen LogP contribution in [-0.2, 0) is 5.79 Å². The summed E-state index contributed by atoms with van der Waals surface area (Å²) in [5.41, 5.74) is 5.82. The molecule has 0 spiro atoms. The van der Waals surface area contributed by atoms with Gasteiger partial charge in [0.25, 0.3) is 0 Å². The van der Waals surface area contributed by atoms with Gasteiger partial charge in [-0.2, -0.15) is 0 Å². The van der Waals surface area contributed by atoms with Crippen molar-refractivity contribution in [3.63, 3.8) is 0 Å². The van der Waals surface area contributed by atoms with Crippen LogP contribution in [0.5, 0.6) is 0 Å². The van der Waals surface area contributed by atoms with Gasteiger partial charge in [-0.25, -0.2) is 9.48 Å². The summed E-state index contributed by atoms with van der Waals surface area (Å²) in [5, 5.41) is 12.2. The summed E-state index contributed by atoms with van der Waals surface area (Å²) in [5.74, 6) is -1.13. The second-order valence-corrected chi connectivity index (χ2v) is 2.60. The van der Waals surface area contributed by atoms with Crippen molar-refractivity contribution in [1.29, 1.82) is 0 Å². The molecule has 7 nitrogen and oxygen atoms in total. The molecule has 1 atom stereocenters. The zero-order valence-corrected chi connectivity index (χ0v) is 6.64. The zero-order valence-electron chi connectivity index (χ0n) is 6.64. The van der Waals surface area contributed by atoms with E-state index in [1.165, 1.54) is 17.1 Å². The summed E-state index contributed by atoms with van der Waals surface area (Å²) in [6, 6.07) is -0.375. The van der Waals surface area contributed by atoms with E-state index < -0.39 is 5.79 Å². The van der Waals surface area contributed by atoms with Gasteiger partial charge < -0.3 is 5.32 Å². The fourth-order valence-electron chi connectivity index (χ4n) is 1.04. The van der Waals surface area contributed by atoms with Crippen LogP contribution in [0.4, 0.5) is 4.79 Å². The van der Waals surface area contributed by atoms with Gasteiger partial charge in [-0.05, 0) is 6.08 Å². The molecule has 0 saturated heterocycles. The fraction of sp³-hybridized carbons (Fsp3) is 0.167. The van der Waals surface area contributed by atoms with Crippen LogP contribution in [0, 0.1) is 0 Å². The molecule has 0 bridgehead atoms. The number of amides is 2. The Hall–Kier alpha value is -1.89. The lowest BCUT2D eigenvalue weighted by molar-refractivity contribution is 0.209. The van der Waals surface area contributed by atoms with E-state index in [0.29, 0.717) is 0 Å². The first-order valence-corrected chi connectivity index (χ1v) is 3.63. The monoisotopic (exact) mass is 180 g/mol. The van der Waals surface area contributed by atoms with Crippen molar-refractivity contribution < 1.29 is 4.79 Å². The molecule has 2 heterocycles. The minimum Gasteiger partial charge on any atom is -0.315 e. The molecule has 0 fully saturated rings. The van der Waals surface area contributed by atoms with Crippen molar-refractivity contribution in [3.8, 4) is 0 Å². The smallest absolute Gasteiger partial charge is 0.315 e. The Morgan fingerprint density at radius 2 is 2.46 bits per heavy atom. The maximum atomic E-state index is 11.0. The van der Waals surface area contributed by atoms with Gasteiger partial charge in [-0.15, -0.1) is 5.10 Å². The summed E-state index contributed by atoms with van der Waals surface area (Å²) >= 11 is 0. The van der Waals surface area contributed by atoms with Crippen LogP contribution in [0.1, 0.15) is 0 Å². The molecule has 68 valence electrons. The van der Waals surface area contributed by atoms with Gasteiger partial charge >= 0.3 is 6.03 Å². The van der Waals surface area contributed by atoms with Gasteiger partial charge in [0.15, 0.2) is 0 Å². The van der Waals surface area contributed by atoms with Gasteiger partial charge in [0.1, 0.15) is 0 Å². The van der Waals surface area contributed by atoms with Crippen molar-refractivity contribution in [2.24, 2.45) is 5.73 Å². The zero-order chi connectivity index (χ0) is 9.31. The third kappa shape index (κ3) is 1.25. The van der Waals surface area contributed by atoms with Crippen molar-refractivity contribution in [3.05, 3.63) is 24.7 Å². The Labute approximate surface area is 73.6 Å². The lowest BCUT2D eigenvalue weighted by atomic mass is 10.3. The topological polar surface area (TPSA) is 97.9 Å². The highest BCUT2D eigenvalue weighted by atomic mass is 16.2. The van der Waals surface area contributed by atoms with Crippen LogP contribution in [0.15, 0.2) is 24.7 Å². The standard InChI is InChI=1S/C6H8N6O/c7-6(12-4-3-9-11-12)1-2-8-5(13)10-6/h1-4H,7H2,(H2,8,10,13). The quantitative estimate of drug-likeness (QED) is 0.499. The van der Waals surface area contributed by atoms with E-state index in [4.69, 9.17) is 5.73 Å². The molecule has 2 amide bonds. The molecule has 1 aliphatic heterocycles. The number of carbonyl (C=O) groups excluding carboxylic acids is 1. The number of nitrogens with zero attached hydrogens (tertiary/aromatic N) is 3. The molecule has 7 heteroatoms. The van der Waals surface area contributed by atoms with Crippen LogP contribution in [0.25, 0.3) is 0 Å². The number of nitrogens with one attached hydrogen (secondary N) is 2. The summed E-state index contributed by atoms with van der Waals surface area (Å²) in [6.07, 6.45) is 6.08. The molecular weight excluding hydrogens is 172 g/mol. The van der Waals surface area contributed by atoms with Crippen LogP contribution < -0.4 is 16.4 Å². The Morgan fingerprint density at radius 1 is 1.62 bits per heavy atom. The largest absolute Gasteiger partial charge is 0.321 e. The number of carbonyl (C=O) groups is 1. The fourth-order valence-corrected chi connectivity index (χ4v) is 1.04. The van der Waals surface area contributed by atoms with Gasteiger partial charge in [0.2, 0.25) is 5.79 Å². The normalized spacial score (nSPS) is 26.7. The number of urea groups is 1. The predicted molar refractivity (Wildman–Crippen MR) is 43.0 cm³/mol. The summed E-state index contributed by atoms with van der Waals surface area (Å²) in [7, 11) is 0. The van der Waals surface area contributed by atoms with Gasteiger partial charge in [0.05, 0.1) is 6.20 Å². The molecule has 0 aliphatic carbocycles. The van der Waals surface area contributed by atoms with Crippen LogP contribution in [-0.4, -0.2) is 21.0 Å². The molecule has 0 aromatic carbocycles. The van der Waals surface area contributed by atoms with Gasteiger partial charge in [-0.3, -0.25) is 11.1 Å². The van der Waals surface area contributed by atoms with E-state index in [1.54, 1.807) is 12.3 Å². The van der Waals surface area contributed by atoms with Crippen LogP contribution >= 0.6 is 0 Å². The van der Waals surface area contributed by atoms with Gasteiger partial charge in [-0.1, -0.05) is 5.21 Å². The van der Waals surface area contributed by atoms with E-state index in [2.05, 4.69) is 20.9 Å². The predicted octanol–water partition coefficient (Wildman–Crippen LogP) is -1.33. The van der Waals surface area contributed by atoms with Gasteiger partial charge in [0, 0.05) is 12.4 Å². The van der Waals surface area contributed by atoms with E-state index in [1.807, 2.05) is 0 Å². The van der Waals surface area contributed by atoms with Crippen molar-refractivity contribution >= 4 is 6.03 Å². The maximum absolute atomic E-state index is 11.0. The number of aromatic nitrogens is 3. The molecule has 1 aromatic heterocycles. The molecule has 13 heavy (non-hydrogen) atoms. The average molecular weight is 180 g/mol. The summed E-state index contributed by atoms with van der Waals surface area (Å²) in [6.45, 7) is 0. The van der Waals surface area contributed by atoms with Crippen molar-refractivity contribution in [1.82, 2.24) is 25.6 Å². The number of nitrogens with two attached hydrogens (primary N) is 1. The number of rotatable bonds is 1. The minimum absolute atomic E-state index is 0.375. The summed E-state index contributed by atoms with van der Waals surface area (Å²) < 4.78 is 1.35. The first kappa shape index (κ1) is 7.74. The summed E-state index contributed by atoms with van der Waals surface area (Å²) in [4.78, 5) is 11.0. The Bertz CT molecular complexity index is 344. The minimum atomic E-state index is -1.13. The van der Waals surface area contributed by atoms with Crippen LogP contribution in [0.2, 0.25) is 0 Å².